The molecule has 0 aromatic rings. The lowest BCUT2D eigenvalue weighted by Crippen LogP contribution is -1.66. The largest absolute Gasteiger partial charge is 0.466 e. The zero-order valence-electron chi connectivity index (χ0n) is 3.11. The summed E-state index contributed by atoms with van der Waals surface area (Å²) in [6.07, 6.45) is 0. The van der Waals surface area contributed by atoms with Crippen molar-refractivity contribution in [2.24, 2.45) is 0 Å². The molecule has 0 rings (SSSR count). The van der Waals surface area contributed by atoms with E-state index < -0.39 is 7.82 Å². The Balaban J connectivity index is 0. The summed E-state index contributed by atoms with van der Waals surface area (Å²) in [5, 5.41) is 0. The molecule has 0 aliphatic rings. The second-order valence-electron chi connectivity index (χ2n) is 0.513. The Morgan fingerprint density at radius 2 is 1.14 bits per heavy atom. The van der Waals surface area contributed by atoms with Crippen LogP contribution in [0.3, 0.4) is 0 Å². The molecular formula is H4NO5P. The van der Waals surface area contributed by atoms with E-state index >= 15 is 0 Å². The first-order valence-corrected chi connectivity index (χ1v) is 2.55. The minimum absolute atomic E-state index is 4.50. The van der Waals surface area contributed by atoms with Crippen LogP contribution in [0.4, 0.5) is 0 Å². The molecule has 0 amide bonds. The molecule has 0 fully saturated rings. The van der Waals surface area contributed by atoms with Crippen LogP contribution in [-0.2, 0) is 4.57 Å². The summed E-state index contributed by atoms with van der Waals surface area (Å²) < 4.78 is 8.88. The molecule has 0 unspecified atom stereocenters. The molecule has 0 aliphatic heterocycles. The van der Waals surface area contributed by atoms with Gasteiger partial charge in [-0.3, -0.25) is 0 Å². The van der Waals surface area contributed by atoms with E-state index in [4.69, 9.17) is 24.2 Å². The summed E-state index contributed by atoms with van der Waals surface area (Å²) in [5.74, 6) is 0. The highest BCUT2D eigenvalue weighted by molar-refractivity contribution is 7.45. The minimum Gasteiger partial charge on any atom is -0.303 e. The molecule has 0 aromatic carbocycles. The highest BCUT2D eigenvalue weighted by atomic mass is 31.2. The summed E-state index contributed by atoms with van der Waals surface area (Å²) in [5.41, 5.74) is 4.50. The fourth-order valence-corrected chi connectivity index (χ4v) is 0. The van der Waals surface area contributed by atoms with Gasteiger partial charge in [-0.25, -0.2) is 4.57 Å². The Labute approximate surface area is 38.8 Å². The summed E-state index contributed by atoms with van der Waals surface area (Å²) in [6, 6.07) is 0. The van der Waals surface area contributed by atoms with Gasteiger partial charge in [0.2, 0.25) is 0 Å². The topological polar surface area (TPSA) is 119 Å². The van der Waals surface area contributed by atoms with Crippen molar-refractivity contribution in [3.8, 4) is 0 Å². The summed E-state index contributed by atoms with van der Waals surface area (Å²) in [6.45, 7) is 0. The fourth-order valence-electron chi connectivity index (χ4n) is 0. The maximum absolute atomic E-state index is 8.88. The van der Waals surface area contributed by atoms with Crippen LogP contribution in [0.1, 0.15) is 0 Å². The normalized spacial score (nSPS) is 9.00. The van der Waals surface area contributed by atoms with Gasteiger partial charge in [-0.15, -0.1) is 0 Å². The quantitative estimate of drug-likeness (QED) is 0.257. The van der Waals surface area contributed by atoms with Gasteiger partial charge >= 0.3 is 7.82 Å². The summed E-state index contributed by atoms with van der Waals surface area (Å²) in [4.78, 5) is 29.1. The van der Waals surface area contributed by atoms with Crippen molar-refractivity contribution >= 4 is 7.82 Å². The zero-order chi connectivity index (χ0) is 6.50. The summed E-state index contributed by atoms with van der Waals surface area (Å²) in [7, 11) is -4.64. The maximum atomic E-state index is 8.88. The molecule has 6 nitrogen and oxygen atoms in total. The van der Waals surface area contributed by atoms with Crippen molar-refractivity contribution in [3.63, 3.8) is 0 Å². The number of hydrogen-bond donors (Lipinski definition) is 4. The van der Waals surface area contributed by atoms with E-state index in [2.05, 4.69) is 5.59 Å². The smallest absolute Gasteiger partial charge is 0.303 e. The fraction of sp³-hybridized carbons (Fsp3) is 0. The van der Waals surface area contributed by atoms with Crippen molar-refractivity contribution in [2.45, 2.75) is 0 Å². The van der Waals surface area contributed by atoms with E-state index in [0.29, 0.717) is 0 Å². The van der Waals surface area contributed by atoms with Crippen LogP contribution in [0, 0.1) is 10.5 Å². The Hall–Kier alpha value is -0.290. The van der Waals surface area contributed by atoms with Crippen LogP contribution in [0.25, 0.3) is 0 Å². The molecular weight excluding hydrogens is 125 g/mol. The SMILES string of the molecule is N=O.O=P(O)(O)O. The van der Waals surface area contributed by atoms with E-state index in [1.165, 1.54) is 0 Å². The minimum atomic E-state index is -4.64. The van der Waals surface area contributed by atoms with Gasteiger partial charge in [0, 0.05) is 0 Å². The second kappa shape index (κ2) is 3.89. The van der Waals surface area contributed by atoms with Gasteiger partial charge < -0.3 is 14.7 Å². The average Bonchev–Trinajstić information content (AvgIpc) is 1.36. The standard InChI is InChI=1S/HNO.H3O4P/c1-2;1-5(2,3)4/h1H;(H3,1,2,3,4). The number of nitrogens with one attached hydrogen (secondary N) is 1. The molecule has 0 aromatic heterocycles. The van der Waals surface area contributed by atoms with Crippen LogP contribution >= 0.6 is 7.82 Å². The molecule has 0 saturated heterocycles. The Kier molecular flexibility index (Phi) is 5.47. The number of nitroso groups, excluding NO2 is 1. The van der Waals surface area contributed by atoms with Gasteiger partial charge in [0.25, 0.3) is 0 Å². The molecule has 0 heterocycles. The van der Waals surface area contributed by atoms with Gasteiger partial charge in [0.1, 0.15) is 0 Å². The van der Waals surface area contributed by atoms with E-state index in [0.717, 1.165) is 0 Å². The molecule has 0 radical (unpaired) electrons. The third-order valence-corrected chi connectivity index (χ3v) is 0. The lowest BCUT2D eigenvalue weighted by molar-refractivity contribution is 0.275. The first-order chi connectivity index (χ1) is 3.00. The number of hydrogen-bond acceptors (Lipinski definition) is 3. The molecule has 4 N–H and O–H groups in total. The molecule has 7 heteroatoms. The van der Waals surface area contributed by atoms with Crippen LogP contribution in [0.5, 0.6) is 0 Å². The Morgan fingerprint density at radius 3 is 1.14 bits per heavy atom. The third kappa shape index (κ3) is 935. The van der Waals surface area contributed by atoms with E-state index in [9.17, 15) is 0 Å². The van der Waals surface area contributed by atoms with Gasteiger partial charge in [0.15, 0.2) is 0 Å². The van der Waals surface area contributed by atoms with Gasteiger partial charge in [0.05, 0.1) is 0 Å². The number of rotatable bonds is 0. The average molecular weight is 129 g/mol. The molecule has 0 spiro atoms. The maximum Gasteiger partial charge on any atom is 0.466 e. The van der Waals surface area contributed by atoms with Gasteiger partial charge in [-0.2, -0.15) is 4.91 Å². The van der Waals surface area contributed by atoms with Gasteiger partial charge in [-0.05, 0) is 0 Å². The molecule has 0 bridgehead atoms. The van der Waals surface area contributed by atoms with Crippen molar-refractivity contribution in [1.29, 1.82) is 5.59 Å². The number of phosphoric acid groups is 1. The van der Waals surface area contributed by atoms with E-state index in [-0.39, 0.29) is 0 Å². The predicted octanol–water partition coefficient (Wildman–Crippen LogP) is -0.597. The lowest BCUT2D eigenvalue weighted by atomic mass is 13.8. The second-order valence-corrected chi connectivity index (χ2v) is 1.54. The first-order valence-electron chi connectivity index (χ1n) is 0.987. The van der Waals surface area contributed by atoms with Crippen LogP contribution in [-0.4, -0.2) is 14.7 Å². The monoisotopic (exact) mass is 129 g/mol. The highest BCUT2D eigenvalue weighted by Gasteiger charge is 2.00. The molecule has 44 valence electrons. The van der Waals surface area contributed by atoms with Crippen molar-refractivity contribution in [1.82, 2.24) is 0 Å². The Bertz CT molecular complexity index is 63.9. The van der Waals surface area contributed by atoms with Crippen molar-refractivity contribution in [2.75, 3.05) is 0 Å². The highest BCUT2D eigenvalue weighted by Crippen LogP contribution is 2.25. The van der Waals surface area contributed by atoms with Crippen LogP contribution in [0.2, 0.25) is 0 Å². The third-order valence-electron chi connectivity index (χ3n) is 0. The Morgan fingerprint density at radius 1 is 1.14 bits per heavy atom. The molecule has 0 atom stereocenters. The van der Waals surface area contributed by atoms with Gasteiger partial charge in [-0.1, -0.05) is 5.59 Å². The molecule has 0 aliphatic carbocycles. The molecule has 7 heavy (non-hydrogen) atoms. The first kappa shape index (κ1) is 9.86. The van der Waals surface area contributed by atoms with E-state index in [1.54, 1.807) is 0 Å². The van der Waals surface area contributed by atoms with Crippen LogP contribution < -0.4 is 0 Å². The van der Waals surface area contributed by atoms with Crippen LogP contribution in [0.15, 0.2) is 0 Å². The lowest BCUT2D eigenvalue weighted by Gasteiger charge is -1.82. The predicted molar refractivity (Wildman–Crippen MR) is 20.3 cm³/mol. The zero-order valence-corrected chi connectivity index (χ0v) is 4.00. The summed E-state index contributed by atoms with van der Waals surface area (Å²) >= 11 is 0. The van der Waals surface area contributed by atoms with Crippen molar-refractivity contribution < 1.29 is 19.2 Å². The van der Waals surface area contributed by atoms with E-state index in [1.807, 2.05) is 0 Å². The van der Waals surface area contributed by atoms with Crippen molar-refractivity contribution in [3.05, 3.63) is 4.91 Å². The molecule has 0 saturated carbocycles.